The monoisotopic (exact) mass is 691 g/mol. The molecule has 0 amide bonds. The second kappa shape index (κ2) is 12.5. The quantitative estimate of drug-likeness (QED) is 0.168. The summed E-state index contributed by atoms with van der Waals surface area (Å²) in [5.41, 5.74) is 9.04. The van der Waals surface area contributed by atoms with Crippen LogP contribution in [0.2, 0.25) is 0 Å². The van der Waals surface area contributed by atoms with Gasteiger partial charge in [0.1, 0.15) is 0 Å². The molecule has 0 unspecified atom stereocenters. The predicted octanol–water partition coefficient (Wildman–Crippen LogP) is 14.8. The Labute approximate surface area is 307 Å². The Balaban J connectivity index is 1.16. The van der Waals surface area contributed by atoms with E-state index in [-0.39, 0.29) is 5.41 Å². The Morgan fingerprint density at radius 2 is 1.02 bits per heavy atom. The number of benzene rings is 7. The van der Waals surface area contributed by atoms with Crippen LogP contribution in [0.1, 0.15) is 43.2 Å². The molecule has 2 aromatic heterocycles. The summed E-state index contributed by atoms with van der Waals surface area (Å²) in [4.78, 5) is 2.47. The van der Waals surface area contributed by atoms with E-state index in [4.69, 9.17) is 0 Å². The molecular weight excluding hydrogens is 655 g/mol. The fourth-order valence-corrected chi connectivity index (χ4v) is 11.0. The molecule has 246 valence electrons. The van der Waals surface area contributed by atoms with Crippen molar-refractivity contribution in [3.63, 3.8) is 0 Å². The zero-order chi connectivity index (χ0) is 33.8. The van der Waals surface area contributed by atoms with Gasteiger partial charge in [0.2, 0.25) is 0 Å². The van der Waals surface area contributed by atoms with Crippen LogP contribution in [-0.4, -0.2) is 0 Å². The van der Waals surface area contributed by atoms with Gasteiger partial charge in [0.15, 0.2) is 0 Å². The van der Waals surface area contributed by atoms with Crippen molar-refractivity contribution >= 4 is 80.1 Å². The second-order valence-corrected chi connectivity index (χ2v) is 16.2. The third-order valence-corrected chi connectivity index (χ3v) is 13.4. The van der Waals surface area contributed by atoms with E-state index in [0.29, 0.717) is 0 Å². The molecule has 3 heteroatoms. The highest BCUT2D eigenvalue weighted by molar-refractivity contribution is 7.26. The zero-order valence-corrected chi connectivity index (χ0v) is 30.0. The molecular formula is C48H37NS2. The van der Waals surface area contributed by atoms with Gasteiger partial charge in [-0.1, -0.05) is 128 Å². The number of anilines is 3. The first-order valence-corrected chi connectivity index (χ1v) is 19.8. The Bertz CT molecular complexity index is 2660. The molecule has 1 saturated carbocycles. The molecule has 9 aromatic rings. The van der Waals surface area contributed by atoms with Crippen LogP contribution in [-0.2, 0) is 5.41 Å². The van der Waals surface area contributed by atoms with Gasteiger partial charge in [-0.25, -0.2) is 0 Å². The topological polar surface area (TPSA) is 3.24 Å². The molecule has 0 aliphatic heterocycles. The molecule has 7 aromatic carbocycles. The summed E-state index contributed by atoms with van der Waals surface area (Å²) < 4.78 is 5.28. The number of rotatable bonds is 6. The average molecular weight is 692 g/mol. The summed E-state index contributed by atoms with van der Waals surface area (Å²) in [5.74, 6) is 0. The van der Waals surface area contributed by atoms with Crippen molar-refractivity contribution in [2.24, 2.45) is 0 Å². The molecule has 0 atom stereocenters. The van der Waals surface area contributed by atoms with Gasteiger partial charge in [0.05, 0.1) is 0 Å². The molecule has 51 heavy (non-hydrogen) atoms. The van der Waals surface area contributed by atoms with Gasteiger partial charge in [-0.15, -0.1) is 22.7 Å². The van der Waals surface area contributed by atoms with Crippen molar-refractivity contribution in [3.05, 3.63) is 175 Å². The summed E-state index contributed by atoms with van der Waals surface area (Å²) >= 11 is 3.77. The van der Waals surface area contributed by atoms with E-state index in [1.54, 1.807) is 0 Å². The van der Waals surface area contributed by atoms with Crippen LogP contribution in [0.15, 0.2) is 164 Å². The van der Waals surface area contributed by atoms with Crippen LogP contribution in [0, 0.1) is 0 Å². The largest absolute Gasteiger partial charge is 0.310 e. The molecule has 10 rings (SSSR count). The summed E-state index contributed by atoms with van der Waals surface area (Å²) in [6, 6.07) is 61.3. The highest BCUT2D eigenvalue weighted by Gasteiger charge is 2.35. The van der Waals surface area contributed by atoms with Gasteiger partial charge >= 0.3 is 0 Å². The van der Waals surface area contributed by atoms with Gasteiger partial charge in [-0.3, -0.25) is 0 Å². The fraction of sp³-hybridized carbons (Fsp3) is 0.125. The lowest BCUT2D eigenvalue weighted by Crippen LogP contribution is -2.30. The number of fused-ring (bicyclic) bond motifs is 6. The Morgan fingerprint density at radius 3 is 1.84 bits per heavy atom. The van der Waals surface area contributed by atoms with Crippen molar-refractivity contribution < 1.29 is 0 Å². The van der Waals surface area contributed by atoms with E-state index in [1.807, 2.05) is 22.7 Å². The fourth-order valence-electron chi connectivity index (χ4n) is 8.70. The molecule has 0 saturated heterocycles. The van der Waals surface area contributed by atoms with Crippen LogP contribution in [0.4, 0.5) is 17.1 Å². The lowest BCUT2D eigenvalue weighted by atomic mass is 9.65. The lowest BCUT2D eigenvalue weighted by molar-refractivity contribution is 0.346. The van der Waals surface area contributed by atoms with Crippen LogP contribution in [0.5, 0.6) is 0 Å². The zero-order valence-electron chi connectivity index (χ0n) is 28.4. The lowest BCUT2D eigenvalue weighted by Gasteiger charge is -2.39. The Hall–Kier alpha value is -5.22. The van der Waals surface area contributed by atoms with E-state index in [0.717, 1.165) is 0 Å². The first-order valence-electron chi connectivity index (χ1n) is 18.1. The first-order chi connectivity index (χ1) is 25.2. The maximum absolute atomic E-state index is 2.47. The summed E-state index contributed by atoms with van der Waals surface area (Å²) in [5, 5.41) is 5.30. The van der Waals surface area contributed by atoms with E-state index in [2.05, 4.69) is 169 Å². The number of hydrogen-bond acceptors (Lipinski definition) is 3. The van der Waals surface area contributed by atoms with Crippen LogP contribution < -0.4 is 4.90 Å². The smallest absolute Gasteiger partial charge is 0.0476 e. The van der Waals surface area contributed by atoms with Crippen molar-refractivity contribution in [2.75, 3.05) is 4.90 Å². The molecule has 0 spiro atoms. The van der Waals surface area contributed by atoms with Crippen LogP contribution in [0.3, 0.4) is 0 Å². The maximum atomic E-state index is 2.47. The molecule has 0 N–H and O–H groups in total. The number of hydrogen-bond donors (Lipinski definition) is 0. The minimum absolute atomic E-state index is 0.0706. The van der Waals surface area contributed by atoms with Gasteiger partial charge in [0.25, 0.3) is 0 Å². The van der Waals surface area contributed by atoms with E-state index in [9.17, 15) is 0 Å². The van der Waals surface area contributed by atoms with E-state index < -0.39 is 0 Å². The summed E-state index contributed by atoms with van der Waals surface area (Å²) in [6.07, 6.45) is 6.28. The molecule has 2 heterocycles. The normalized spacial score (nSPS) is 14.4. The third-order valence-electron chi connectivity index (χ3n) is 11.2. The van der Waals surface area contributed by atoms with Crippen molar-refractivity contribution in [1.82, 2.24) is 0 Å². The standard InChI is InChI=1S/C48H37NS2/c1-4-13-33(14-5-1)39-18-12-20-45-47(39)42-31-37(26-28-44(42)50-45)49(38-25-27-41-40-17-8-9-19-43(40)51-46(41)32-38)36-23-21-35(22-24-36)48(29-10-3-11-30-48)34-15-6-2-7-16-34/h1-2,4-9,12-28,31-32H,3,10-11,29-30H2. The average Bonchev–Trinajstić information content (AvgIpc) is 3.77. The Kier molecular flexibility index (Phi) is 7.51. The van der Waals surface area contributed by atoms with Gasteiger partial charge in [0, 0.05) is 62.8 Å². The first kappa shape index (κ1) is 30.6. The number of thiophene rings is 2. The summed E-state index contributed by atoms with van der Waals surface area (Å²) in [7, 11) is 0. The van der Waals surface area contributed by atoms with Gasteiger partial charge < -0.3 is 4.90 Å². The number of nitrogens with zero attached hydrogens (tertiary/aromatic N) is 1. The molecule has 1 nitrogen and oxygen atoms in total. The minimum Gasteiger partial charge on any atom is -0.310 e. The Morgan fingerprint density at radius 1 is 0.412 bits per heavy atom. The van der Waals surface area contributed by atoms with Crippen LogP contribution >= 0.6 is 22.7 Å². The SMILES string of the molecule is c1ccc(-c2cccc3sc4ccc(N(c5ccc(C6(c7ccccc7)CCCCC6)cc5)c5ccc6c(c5)sc5ccccc56)cc4c23)cc1. The molecule has 0 radical (unpaired) electrons. The van der Waals surface area contributed by atoms with Crippen LogP contribution in [0.25, 0.3) is 51.5 Å². The van der Waals surface area contributed by atoms with E-state index in [1.165, 1.54) is 112 Å². The maximum Gasteiger partial charge on any atom is 0.0476 e. The minimum atomic E-state index is 0.0706. The molecule has 1 fully saturated rings. The predicted molar refractivity (Wildman–Crippen MR) is 223 cm³/mol. The molecule has 1 aliphatic carbocycles. The van der Waals surface area contributed by atoms with Crippen molar-refractivity contribution in [3.8, 4) is 11.1 Å². The van der Waals surface area contributed by atoms with Gasteiger partial charge in [-0.05, 0) is 89.7 Å². The van der Waals surface area contributed by atoms with E-state index >= 15 is 0 Å². The van der Waals surface area contributed by atoms with Gasteiger partial charge in [-0.2, -0.15) is 0 Å². The molecule has 1 aliphatic rings. The highest BCUT2D eigenvalue weighted by Crippen LogP contribution is 2.48. The van der Waals surface area contributed by atoms with Crippen molar-refractivity contribution in [2.45, 2.75) is 37.5 Å². The molecule has 0 bridgehead atoms. The second-order valence-electron chi connectivity index (χ2n) is 14.0. The highest BCUT2D eigenvalue weighted by atomic mass is 32.1. The third kappa shape index (κ3) is 5.18. The van der Waals surface area contributed by atoms with Crippen molar-refractivity contribution in [1.29, 1.82) is 0 Å². The summed E-state index contributed by atoms with van der Waals surface area (Å²) in [6.45, 7) is 0.